The highest BCUT2D eigenvalue weighted by atomic mass is 16.5. The molecule has 0 radical (unpaired) electrons. The van der Waals surface area contributed by atoms with E-state index in [9.17, 15) is 14.4 Å². The van der Waals surface area contributed by atoms with Crippen molar-refractivity contribution in [3.63, 3.8) is 0 Å². The first-order chi connectivity index (χ1) is 8.54. The highest BCUT2D eigenvalue weighted by molar-refractivity contribution is 5.84. The predicted octanol–water partition coefficient (Wildman–Crippen LogP) is 1.07. The molecular weight excluding hydrogens is 240 g/mol. The summed E-state index contributed by atoms with van der Waals surface area (Å²) in [5, 5.41) is 0. The lowest BCUT2D eigenvalue weighted by Crippen LogP contribution is -2.25. The Bertz CT molecular complexity index is 268. The Labute approximate surface area is 107 Å². The van der Waals surface area contributed by atoms with Crippen molar-refractivity contribution in [3.05, 3.63) is 0 Å². The minimum atomic E-state index is -0.846. The van der Waals surface area contributed by atoms with Crippen LogP contribution in [0, 0.1) is 5.92 Å². The van der Waals surface area contributed by atoms with Gasteiger partial charge in [0.2, 0.25) is 0 Å². The van der Waals surface area contributed by atoms with E-state index in [0.717, 1.165) is 12.8 Å². The maximum absolute atomic E-state index is 11.7. The van der Waals surface area contributed by atoms with Crippen LogP contribution in [0.1, 0.15) is 32.6 Å². The van der Waals surface area contributed by atoms with E-state index in [2.05, 4.69) is 9.47 Å². The smallest absolute Gasteiger partial charge is 0.310 e. The summed E-state index contributed by atoms with van der Waals surface area (Å²) in [6, 6.07) is 0. The van der Waals surface area contributed by atoms with Gasteiger partial charge in [-0.05, 0) is 6.42 Å². The SMILES string of the molecule is CCCCOC(=O)C(CC(=O)OC)CC(=O)OC. The van der Waals surface area contributed by atoms with Gasteiger partial charge in [0.15, 0.2) is 0 Å². The molecule has 104 valence electrons. The van der Waals surface area contributed by atoms with Gasteiger partial charge < -0.3 is 14.2 Å². The highest BCUT2D eigenvalue weighted by Crippen LogP contribution is 2.13. The number of ether oxygens (including phenoxy) is 3. The molecule has 0 saturated heterocycles. The van der Waals surface area contributed by atoms with Crippen LogP contribution < -0.4 is 0 Å². The van der Waals surface area contributed by atoms with E-state index in [4.69, 9.17) is 4.74 Å². The minimum absolute atomic E-state index is 0.184. The molecule has 0 aliphatic carbocycles. The molecule has 0 aliphatic heterocycles. The molecular formula is C12H20O6. The van der Waals surface area contributed by atoms with E-state index in [0.29, 0.717) is 0 Å². The van der Waals surface area contributed by atoms with E-state index >= 15 is 0 Å². The molecule has 6 nitrogen and oxygen atoms in total. The maximum Gasteiger partial charge on any atom is 0.310 e. The van der Waals surface area contributed by atoms with Gasteiger partial charge in [-0.1, -0.05) is 13.3 Å². The number of esters is 3. The molecule has 0 aromatic carbocycles. The molecule has 0 aromatic rings. The lowest BCUT2D eigenvalue weighted by molar-refractivity contribution is -0.158. The van der Waals surface area contributed by atoms with Gasteiger partial charge in [-0.25, -0.2) is 0 Å². The quantitative estimate of drug-likeness (QED) is 0.369. The summed E-state index contributed by atoms with van der Waals surface area (Å²) in [4.78, 5) is 34.0. The number of unbranched alkanes of at least 4 members (excludes halogenated alkanes) is 1. The Morgan fingerprint density at radius 1 is 1.00 bits per heavy atom. The van der Waals surface area contributed by atoms with Crippen LogP contribution in [-0.4, -0.2) is 38.7 Å². The molecule has 0 bridgehead atoms. The van der Waals surface area contributed by atoms with Crippen molar-refractivity contribution in [3.8, 4) is 0 Å². The van der Waals surface area contributed by atoms with Gasteiger partial charge in [0.1, 0.15) is 0 Å². The van der Waals surface area contributed by atoms with Gasteiger partial charge >= 0.3 is 17.9 Å². The molecule has 0 atom stereocenters. The second kappa shape index (κ2) is 9.44. The van der Waals surface area contributed by atoms with Crippen LogP contribution >= 0.6 is 0 Å². The largest absolute Gasteiger partial charge is 0.469 e. The van der Waals surface area contributed by atoms with E-state index < -0.39 is 23.8 Å². The first kappa shape index (κ1) is 16.4. The van der Waals surface area contributed by atoms with E-state index in [1.165, 1.54) is 14.2 Å². The monoisotopic (exact) mass is 260 g/mol. The Balaban J connectivity index is 4.38. The van der Waals surface area contributed by atoms with Crippen LogP contribution in [0.15, 0.2) is 0 Å². The van der Waals surface area contributed by atoms with Crippen molar-refractivity contribution in [2.45, 2.75) is 32.6 Å². The van der Waals surface area contributed by atoms with Crippen molar-refractivity contribution in [1.82, 2.24) is 0 Å². The summed E-state index contributed by atoms with van der Waals surface area (Å²) in [5.74, 6) is -2.53. The van der Waals surface area contributed by atoms with Crippen molar-refractivity contribution >= 4 is 17.9 Å². The third kappa shape index (κ3) is 6.88. The van der Waals surface area contributed by atoms with Crippen LogP contribution in [0.25, 0.3) is 0 Å². The Kier molecular flexibility index (Phi) is 8.61. The van der Waals surface area contributed by atoms with Gasteiger partial charge in [-0.15, -0.1) is 0 Å². The second-order valence-electron chi connectivity index (χ2n) is 3.78. The van der Waals surface area contributed by atoms with E-state index in [1.54, 1.807) is 0 Å². The third-order valence-corrected chi connectivity index (χ3v) is 2.36. The summed E-state index contributed by atoms with van der Waals surface area (Å²) >= 11 is 0. The lowest BCUT2D eigenvalue weighted by Gasteiger charge is -2.13. The van der Waals surface area contributed by atoms with Crippen LogP contribution in [0.5, 0.6) is 0 Å². The number of methoxy groups -OCH3 is 2. The standard InChI is InChI=1S/C12H20O6/c1-4-5-6-18-12(15)9(7-10(13)16-2)8-11(14)17-3/h9H,4-8H2,1-3H3. The lowest BCUT2D eigenvalue weighted by atomic mass is 10.0. The third-order valence-electron chi connectivity index (χ3n) is 2.36. The van der Waals surface area contributed by atoms with Gasteiger partial charge in [0.25, 0.3) is 0 Å². The zero-order valence-corrected chi connectivity index (χ0v) is 11.1. The fourth-order valence-corrected chi connectivity index (χ4v) is 1.24. The van der Waals surface area contributed by atoms with Gasteiger partial charge in [-0.3, -0.25) is 14.4 Å². The predicted molar refractivity (Wildman–Crippen MR) is 62.6 cm³/mol. The molecule has 0 spiro atoms. The average molecular weight is 260 g/mol. The minimum Gasteiger partial charge on any atom is -0.469 e. The van der Waals surface area contributed by atoms with Crippen LogP contribution in [0.2, 0.25) is 0 Å². The Morgan fingerprint density at radius 2 is 1.50 bits per heavy atom. The summed E-state index contributed by atoms with van der Waals surface area (Å²) in [7, 11) is 2.44. The van der Waals surface area contributed by atoms with E-state index in [1.807, 2.05) is 6.92 Å². The molecule has 0 fully saturated rings. The Morgan fingerprint density at radius 3 is 1.89 bits per heavy atom. The van der Waals surface area contributed by atoms with Crippen molar-refractivity contribution < 1.29 is 28.6 Å². The average Bonchev–Trinajstić information content (AvgIpc) is 2.37. The number of hydrogen-bond donors (Lipinski definition) is 0. The number of hydrogen-bond acceptors (Lipinski definition) is 6. The van der Waals surface area contributed by atoms with Crippen molar-refractivity contribution in [1.29, 1.82) is 0 Å². The summed E-state index contributed by atoms with van der Waals surface area (Å²) < 4.78 is 13.9. The molecule has 6 heteroatoms. The fourth-order valence-electron chi connectivity index (χ4n) is 1.24. The van der Waals surface area contributed by atoms with Gasteiger partial charge in [-0.2, -0.15) is 0 Å². The summed E-state index contributed by atoms with van der Waals surface area (Å²) in [6.07, 6.45) is 1.27. The normalized spacial score (nSPS) is 10.0. The molecule has 0 aliphatic rings. The highest BCUT2D eigenvalue weighted by Gasteiger charge is 2.27. The van der Waals surface area contributed by atoms with Crippen molar-refractivity contribution in [2.24, 2.45) is 5.92 Å². The molecule has 0 rings (SSSR count). The zero-order chi connectivity index (χ0) is 14.0. The summed E-state index contributed by atoms with van der Waals surface area (Å²) in [6.45, 7) is 2.25. The molecule has 0 heterocycles. The van der Waals surface area contributed by atoms with Gasteiger partial charge in [0, 0.05) is 0 Å². The van der Waals surface area contributed by atoms with Crippen LogP contribution in [0.4, 0.5) is 0 Å². The molecule has 0 unspecified atom stereocenters. The maximum atomic E-state index is 11.7. The molecule has 0 amide bonds. The summed E-state index contributed by atoms with van der Waals surface area (Å²) in [5.41, 5.74) is 0. The van der Waals surface area contributed by atoms with Crippen LogP contribution in [-0.2, 0) is 28.6 Å². The number of carbonyl (C=O) groups is 3. The first-order valence-electron chi connectivity index (χ1n) is 5.85. The van der Waals surface area contributed by atoms with Crippen molar-refractivity contribution in [2.75, 3.05) is 20.8 Å². The molecule has 0 saturated carbocycles. The van der Waals surface area contributed by atoms with E-state index in [-0.39, 0.29) is 19.4 Å². The number of rotatable bonds is 8. The first-order valence-corrected chi connectivity index (χ1v) is 5.85. The zero-order valence-electron chi connectivity index (χ0n) is 11.1. The Hall–Kier alpha value is -1.59. The number of carbonyl (C=O) groups excluding carboxylic acids is 3. The second-order valence-corrected chi connectivity index (χ2v) is 3.78. The fraction of sp³-hybridized carbons (Fsp3) is 0.750. The van der Waals surface area contributed by atoms with Crippen LogP contribution in [0.3, 0.4) is 0 Å². The molecule has 0 aromatic heterocycles. The molecule has 18 heavy (non-hydrogen) atoms. The topological polar surface area (TPSA) is 78.9 Å². The molecule has 0 N–H and O–H groups in total. The van der Waals surface area contributed by atoms with Gasteiger partial charge in [0.05, 0.1) is 39.6 Å².